The topological polar surface area (TPSA) is 111 Å². The van der Waals surface area contributed by atoms with E-state index in [1.807, 2.05) is 6.92 Å². The van der Waals surface area contributed by atoms with Crippen molar-refractivity contribution in [2.24, 2.45) is 0 Å². The van der Waals surface area contributed by atoms with Gasteiger partial charge in [0, 0.05) is 19.6 Å². The van der Waals surface area contributed by atoms with Gasteiger partial charge in [0.05, 0.1) is 6.61 Å². The minimum atomic E-state index is -1.68. The highest BCUT2D eigenvalue weighted by molar-refractivity contribution is 5.95. The first-order chi connectivity index (χ1) is 15.1. The molecule has 2 heterocycles. The average molecular weight is 447 g/mol. The van der Waals surface area contributed by atoms with E-state index in [2.05, 4.69) is 0 Å². The van der Waals surface area contributed by atoms with E-state index in [0.29, 0.717) is 16.6 Å². The van der Waals surface area contributed by atoms with Crippen molar-refractivity contribution in [1.82, 2.24) is 14.0 Å². The number of benzene rings is 1. The van der Waals surface area contributed by atoms with Crippen LogP contribution in [0.2, 0.25) is 0 Å². The van der Waals surface area contributed by atoms with Crippen molar-refractivity contribution in [3.63, 3.8) is 0 Å². The lowest BCUT2D eigenvalue weighted by Crippen LogP contribution is -2.56. The predicted molar refractivity (Wildman–Crippen MR) is 113 cm³/mol. The number of aromatic hydroxyl groups is 1. The molecule has 0 bridgehead atoms. The van der Waals surface area contributed by atoms with Crippen LogP contribution in [0.5, 0.6) is 5.75 Å². The molecular weight excluding hydrogens is 421 g/mol. The molecule has 1 aromatic carbocycles. The number of hydrogen-bond donors (Lipinski definition) is 1. The van der Waals surface area contributed by atoms with Crippen LogP contribution in [-0.4, -0.2) is 44.2 Å². The van der Waals surface area contributed by atoms with Crippen LogP contribution in [0, 0.1) is 5.82 Å². The number of aromatic nitrogens is 2. The Balaban J connectivity index is 1.98. The Kier molecular flexibility index (Phi) is 6.52. The molecule has 0 unspecified atom stereocenters. The molecule has 3 rings (SSSR count). The van der Waals surface area contributed by atoms with Gasteiger partial charge in [-0.25, -0.2) is 18.5 Å². The molecule has 0 spiro atoms. The van der Waals surface area contributed by atoms with Crippen molar-refractivity contribution in [2.75, 3.05) is 13.2 Å². The smallest absolute Gasteiger partial charge is 0.332 e. The van der Waals surface area contributed by atoms with Crippen LogP contribution < -0.4 is 11.2 Å². The Morgan fingerprint density at radius 2 is 1.81 bits per heavy atom. The fourth-order valence-electron chi connectivity index (χ4n) is 3.57. The number of fused-ring (bicyclic) bond motifs is 1. The minimum Gasteiger partial charge on any atom is -0.501 e. The van der Waals surface area contributed by atoms with Crippen LogP contribution in [0.3, 0.4) is 0 Å². The number of ether oxygens (including phenoxy) is 1. The number of hydrogen-bond acceptors (Lipinski definition) is 6. The zero-order valence-electron chi connectivity index (χ0n) is 18.3. The third-order valence-electron chi connectivity index (χ3n) is 5.48. The van der Waals surface area contributed by atoms with Crippen molar-refractivity contribution in [3.05, 3.63) is 62.2 Å². The van der Waals surface area contributed by atoms with E-state index in [4.69, 9.17) is 4.74 Å². The molecule has 1 aliphatic rings. The van der Waals surface area contributed by atoms with Crippen LogP contribution >= 0.6 is 0 Å². The summed E-state index contributed by atoms with van der Waals surface area (Å²) >= 11 is 0. The molecule has 9 nitrogen and oxygen atoms in total. The third-order valence-corrected chi connectivity index (χ3v) is 5.48. The molecule has 10 heteroatoms. The maximum atomic E-state index is 13.1. The number of unbranched alkanes of at least 4 members (excludes halogenated alkanes) is 1. The lowest BCUT2D eigenvalue weighted by atomic mass is 10.1. The Morgan fingerprint density at radius 3 is 2.44 bits per heavy atom. The minimum absolute atomic E-state index is 0.00983. The van der Waals surface area contributed by atoms with Gasteiger partial charge in [-0.15, -0.1) is 0 Å². The summed E-state index contributed by atoms with van der Waals surface area (Å²) in [6.45, 7) is 5.02. The molecule has 0 atom stereocenters. The van der Waals surface area contributed by atoms with Crippen LogP contribution in [0.4, 0.5) is 4.39 Å². The van der Waals surface area contributed by atoms with Crippen LogP contribution in [-0.2, 0) is 28.2 Å². The fourth-order valence-corrected chi connectivity index (χ4v) is 3.57. The van der Waals surface area contributed by atoms with E-state index in [-0.39, 0.29) is 26.2 Å². The summed E-state index contributed by atoms with van der Waals surface area (Å²) in [4.78, 5) is 52.9. The number of rotatable bonds is 7. The van der Waals surface area contributed by atoms with Gasteiger partial charge in [0.15, 0.2) is 5.69 Å². The maximum Gasteiger partial charge on any atom is 0.332 e. The van der Waals surface area contributed by atoms with Crippen LogP contribution in [0.1, 0.15) is 49.7 Å². The molecule has 1 amide bonds. The average Bonchev–Trinajstić information content (AvgIpc) is 2.75. The van der Waals surface area contributed by atoms with Gasteiger partial charge in [-0.2, -0.15) is 0 Å². The van der Waals surface area contributed by atoms with E-state index in [9.17, 15) is 28.7 Å². The molecule has 32 heavy (non-hydrogen) atoms. The van der Waals surface area contributed by atoms with Gasteiger partial charge in [-0.05, 0) is 38.0 Å². The zero-order chi connectivity index (χ0) is 23.6. The molecule has 0 radical (unpaired) electrons. The Bertz CT molecular complexity index is 1150. The van der Waals surface area contributed by atoms with Gasteiger partial charge in [-0.1, -0.05) is 25.5 Å². The molecule has 0 saturated heterocycles. The second kappa shape index (κ2) is 8.97. The summed E-state index contributed by atoms with van der Waals surface area (Å²) < 4.78 is 19.9. The molecule has 1 aliphatic heterocycles. The second-order valence-electron chi connectivity index (χ2n) is 8.17. The third kappa shape index (κ3) is 4.17. The normalized spacial score (nSPS) is 13.8. The molecule has 0 saturated carbocycles. The van der Waals surface area contributed by atoms with E-state index in [0.717, 1.165) is 11.0 Å². The molecule has 172 valence electrons. The highest BCUT2D eigenvalue weighted by Crippen LogP contribution is 2.22. The standard InChI is InChI=1S/C22H26FN3O6/c1-4-5-12-32-20(30)22(2,3)26-19(29)17(27)16-18(28)24(10-11-25(16)21(26)31)13-14-6-8-15(23)9-7-14/h6-9,27H,4-5,10-13H2,1-3H3. The number of carbonyl (C=O) groups is 2. The van der Waals surface area contributed by atoms with E-state index in [1.54, 1.807) is 0 Å². The van der Waals surface area contributed by atoms with E-state index in [1.165, 1.54) is 43.0 Å². The Morgan fingerprint density at radius 1 is 1.16 bits per heavy atom. The first-order valence-corrected chi connectivity index (χ1v) is 10.4. The fraction of sp³-hybridized carbons (Fsp3) is 0.455. The summed E-state index contributed by atoms with van der Waals surface area (Å²) in [5.41, 5.74) is -3.49. The van der Waals surface area contributed by atoms with Crippen molar-refractivity contribution in [1.29, 1.82) is 0 Å². The monoisotopic (exact) mass is 447 g/mol. The van der Waals surface area contributed by atoms with Gasteiger partial charge in [0.2, 0.25) is 5.75 Å². The number of nitrogens with zero attached hydrogens (tertiary/aromatic N) is 3. The first kappa shape index (κ1) is 23.2. The quantitative estimate of drug-likeness (QED) is 0.510. The first-order valence-electron chi connectivity index (χ1n) is 10.4. The highest BCUT2D eigenvalue weighted by Gasteiger charge is 2.39. The van der Waals surface area contributed by atoms with Gasteiger partial charge in [0.1, 0.15) is 11.4 Å². The number of halogens is 1. The summed E-state index contributed by atoms with van der Waals surface area (Å²) in [7, 11) is 0. The van der Waals surface area contributed by atoms with E-state index >= 15 is 0 Å². The summed E-state index contributed by atoms with van der Waals surface area (Å²) in [6, 6.07) is 5.57. The summed E-state index contributed by atoms with van der Waals surface area (Å²) in [5.74, 6) is -2.81. The number of carbonyl (C=O) groups excluding carboxylic acids is 2. The maximum absolute atomic E-state index is 13.1. The molecular formula is C22H26FN3O6. The molecule has 0 aliphatic carbocycles. The largest absolute Gasteiger partial charge is 0.501 e. The molecule has 0 fully saturated rings. The number of esters is 1. The van der Waals surface area contributed by atoms with Crippen molar-refractivity contribution in [3.8, 4) is 5.75 Å². The summed E-state index contributed by atoms with van der Waals surface area (Å²) in [6.07, 6.45) is 1.43. The lowest BCUT2D eigenvalue weighted by Gasteiger charge is -2.32. The van der Waals surface area contributed by atoms with Crippen molar-refractivity contribution in [2.45, 2.75) is 52.2 Å². The van der Waals surface area contributed by atoms with Gasteiger partial charge >= 0.3 is 11.7 Å². The highest BCUT2D eigenvalue weighted by atomic mass is 19.1. The second-order valence-corrected chi connectivity index (χ2v) is 8.17. The van der Waals surface area contributed by atoms with Crippen molar-refractivity contribution >= 4 is 11.9 Å². The molecule has 2 aromatic rings. The van der Waals surface area contributed by atoms with E-state index < -0.39 is 45.9 Å². The van der Waals surface area contributed by atoms with Gasteiger partial charge < -0.3 is 14.7 Å². The van der Waals surface area contributed by atoms with Crippen LogP contribution in [0.15, 0.2) is 33.9 Å². The lowest BCUT2D eigenvalue weighted by molar-refractivity contribution is -0.153. The van der Waals surface area contributed by atoms with Crippen molar-refractivity contribution < 1.29 is 23.8 Å². The Labute approximate surface area is 183 Å². The van der Waals surface area contributed by atoms with Crippen LogP contribution in [0.25, 0.3) is 0 Å². The van der Waals surface area contributed by atoms with Gasteiger partial charge in [-0.3, -0.25) is 14.2 Å². The predicted octanol–water partition coefficient (Wildman–Crippen LogP) is 1.59. The summed E-state index contributed by atoms with van der Waals surface area (Å²) in [5, 5.41) is 10.6. The van der Waals surface area contributed by atoms with Gasteiger partial charge in [0.25, 0.3) is 11.5 Å². The Hall–Kier alpha value is -3.43. The number of amides is 1. The zero-order valence-corrected chi connectivity index (χ0v) is 18.3. The molecule has 1 N–H and O–H groups in total. The molecule has 1 aromatic heterocycles. The SMILES string of the molecule is CCCCOC(=O)C(C)(C)n1c(=O)c(O)c2n(c1=O)CCN(Cc1ccc(F)cc1)C2=O.